The van der Waals surface area contributed by atoms with E-state index in [1.807, 2.05) is 42.3 Å². The average molecular weight is 421 g/mol. The number of rotatable bonds is 3. The molecule has 3 aromatic carbocycles. The van der Waals surface area contributed by atoms with Crippen LogP contribution < -0.4 is 4.18 Å². The minimum Gasteiger partial charge on any atom is -0.376 e. The molecule has 4 rings (SSSR count). The number of halogens is 3. The van der Waals surface area contributed by atoms with Gasteiger partial charge < -0.3 is 9.08 Å². The third kappa shape index (κ3) is 3.82. The molecule has 1 atom stereocenters. The summed E-state index contributed by atoms with van der Waals surface area (Å²) < 4.78 is 64.7. The highest BCUT2D eigenvalue weighted by Gasteiger charge is 2.48. The summed E-state index contributed by atoms with van der Waals surface area (Å²) in [5, 5.41) is 2.23. The molecule has 0 amide bonds. The van der Waals surface area contributed by atoms with E-state index in [1.54, 1.807) is 6.07 Å². The van der Waals surface area contributed by atoms with Gasteiger partial charge in [0.25, 0.3) is 0 Å². The highest BCUT2D eigenvalue weighted by Crippen LogP contribution is 2.37. The zero-order chi connectivity index (χ0) is 20.8. The van der Waals surface area contributed by atoms with Crippen LogP contribution in [0.1, 0.15) is 22.6 Å². The molecule has 0 N–H and O–H groups in total. The molecule has 0 aliphatic carbocycles. The van der Waals surface area contributed by atoms with Crippen molar-refractivity contribution in [1.82, 2.24) is 4.90 Å². The lowest BCUT2D eigenvalue weighted by molar-refractivity contribution is -0.0500. The molecule has 4 nitrogen and oxygen atoms in total. The van der Waals surface area contributed by atoms with Gasteiger partial charge in [-0.25, -0.2) is 0 Å². The zero-order valence-electron chi connectivity index (χ0n) is 15.5. The summed E-state index contributed by atoms with van der Waals surface area (Å²) in [7, 11) is -3.78. The molecule has 0 fully saturated rings. The van der Waals surface area contributed by atoms with E-state index in [4.69, 9.17) is 0 Å². The minimum absolute atomic E-state index is 0.0154. The summed E-state index contributed by atoms with van der Waals surface area (Å²) in [4.78, 5) is 2.05. The van der Waals surface area contributed by atoms with Crippen molar-refractivity contribution in [2.24, 2.45) is 0 Å². The van der Waals surface area contributed by atoms with Gasteiger partial charge in [0.05, 0.1) is 0 Å². The van der Waals surface area contributed by atoms with Crippen molar-refractivity contribution in [1.29, 1.82) is 0 Å². The van der Waals surface area contributed by atoms with E-state index in [0.717, 1.165) is 34.0 Å². The van der Waals surface area contributed by atoms with E-state index in [-0.39, 0.29) is 11.7 Å². The second-order valence-corrected chi connectivity index (χ2v) is 8.74. The van der Waals surface area contributed by atoms with E-state index >= 15 is 0 Å². The molecular weight excluding hydrogens is 403 g/mol. The van der Waals surface area contributed by atoms with Crippen LogP contribution in [-0.4, -0.2) is 32.4 Å². The number of hydrogen-bond donors (Lipinski definition) is 0. The quantitative estimate of drug-likeness (QED) is 0.456. The van der Waals surface area contributed by atoms with Crippen molar-refractivity contribution in [2.45, 2.75) is 18.0 Å². The molecular formula is C21H18F3NO3S. The summed E-state index contributed by atoms with van der Waals surface area (Å²) in [6, 6.07) is 18.5. The van der Waals surface area contributed by atoms with Crippen molar-refractivity contribution in [3.05, 3.63) is 77.4 Å². The first kappa shape index (κ1) is 19.7. The number of likely N-dealkylation sites (N-methyl/N-ethyl adjacent to an activating group) is 1. The van der Waals surface area contributed by atoms with Crippen molar-refractivity contribution in [3.8, 4) is 5.75 Å². The van der Waals surface area contributed by atoms with Crippen LogP contribution in [0.15, 0.2) is 60.7 Å². The van der Waals surface area contributed by atoms with Crippen molar-refractivity contribution in [3.63, 3.8) is 0 Å². The lowest BCUT2D eigenvalue weighted by Crippen LogP contribution is -2.31. The Morgan fingerprint density at radius 1 is 1.00 bits per heavy atom. The Labute approximate surface area is 166 Å². The third-order valence-electron chi connectivity index (χ3n) is 5.09. The molecule has 1 aliphatic heterocycles. The fourth-order valence-corrected chi connectivity index (χ4v) is 4.21. The largest absolute Gasteiger partial charge is 0.534 e. The Morgan fingerprint density at radius 3 is 2.45 bits per heavy atom. The van der Waals surface area contributed by atoms with Crippen molar-refractivity contribution < 1.29 is 25.8 Å². The molecule has 0 saturated heterocycles. The predicted molar refractivity (Wildman–Crippen MR) is 104 cm³/mol. The molecule has 0 spiro atoms. The molecule has 152 valence electrons. The Kier molecular flexibility index (Phi) is 4.78. The van der Waals surface area contributed by atoms with Gasteiger partial charge in [-0.3, -0.25) is 0 Å². The molecule has 1 heterocycles. The van der Waals surface area contributed by atoms with Gasteiger partial charge in [0, 0.05) is 19.0 Å². The lowest BCUT2D eigenvalue weighted by Gasteiger charge is -2.33. The van der Waals surface area contributed by atoms with Crippen LogP contribution in [0.2, 0.25) is 0 Å². The summed E-state index contributed by atoms with van der Waals surface area (Å²) >= 11 is 0. The van der Waals surface area contributed by atoms with Gasteiger partial charge in [-0.2, -0.15) is 21.6 Å². The Bertz CT molecular complexity index is 1180. The van der Waals surface area contributed by atoms with E-state index < -0.39 is 15.6 Å². The normalized spacial score (nSPS) is 17.9. The van der Waals surface area contributed by atoms with Gasteiger partial charge in [0.2, 0.25) is 0 Å². The second-order valence-electron chi connectivity index (χ2n) is 7.20. The van der Waals surface area contributed by atoms with Crippen LogP contribution in [0.25, 0.3) is 10.8 Å². The molecule has 0 radical (unpaired) electrons. The fraction of sp³-hybridized carbons (Fsp3) is 0.238. The monoisotopic (exact) mass is 421 g/mol. The summed E-state index contributed by atoms with van der Waals surface area (Å²) in [5.74, 6) is -0.324. The third-order valence-corrected chi connectivity index (χ3v) is 6.07. The van der Waals surface area contributed by atoms with Crippen LogP contribution in [0.3, 0.4) is 0 Å². The fourth-order valence-electron chi connectivity index (χ4n) is 3.76. The average Bonchev–Trinajstić information content (AvgIpc) is 2.65. The Balaban J connectivity index is 1.71. The predicted octanol–water partition coefficient (Wildman–Crippen LogP) is 4.65. The molecule has 8 heteroatoms. The molecule has 3 aromatic rings. The van der Waals surface area contributed by atoms with Crippen LogP contribution in [-0.2, 0) is 16.7 Å². The smallest absolute Gasteiger partial charge is 0.376 e. The van der Waals surface area contributed by atoms with Gasteiger partial charge in [-0.1, -0.05) is 48.5 Å². The van der Waals surface area contributed by atoms with Crippen molar-refractivity contribution >= 4 is 20.9 Å². The SMILES string of the molecule is CN1Cc2cc(OS(=O)(=O)C(F)(F)F)ccc2C(c2ccc3ccccc3c2)C1. The van der Waals surface area contributed by atoms with Crippen LogP contribution in [0, 0.1) is 0 Å². The number of benzene rings is 3. The topological polar surface area (TPSA) is 46.6 Å². The molecule has 1 unspecified atom stereocenters. The van der Waals surface area contributed by atoms with Crippen LogP contribution in [0.5, 0.6) is 5.75 Å². The molecule has 1 aliphatic rings. The standard InChI is InChI=1S/C21H18F3NO3S/c1-25-12-17-11-18(28-29(26,27)21(22,23)24)8-9-19(17)20(13-25)16-7-6-14-4-2-3-5-15(14)10-16/h2-11,20H,12-13H2,1H3. The summed E-state index contributed by atoms with van der Waals surface area (Å²) in [5.41, 5.74) is -2.68. The zero-order valence-corrected chi connectivity index (χ0v) is 16.3. The number of nitrogens with zero attached hydrogens (tertiary/aromatic N) is 1. The van der Waals surface area contributed by atoms with Crippen LogP contribution >= 0.6 is 0 Å². The van der Waals surface area contributed by atoms with E-state index in [0.29, 0.717) is 6.54 Å². The number of hydrogen-bond acceptors (Lipinski definition) is 4. The highest BCUT2D eigenvalue weighted by molar-refractivity contribution is 7.88. The first-order chi connectivity index (χ1) is 13.6. The lowest BCUT2D eigenvalue weighted by atomic mass is 9.84. The summed E-state index contributed by atoms with van der Waals surface area (Å²) in [6.45, 7) is 1.23. The maximum atomic E-state index is 12.6. The molecule has 0 bridgehead atoms. The summed E-state index contributed by atoms with van der Waals surface area (Å²) in [6.07, 6.45) is 0. The van der Waals surface area contributed by atoms with Gasteiger partial charge >= 0.3 is 15.6 Å². The van der Waals surface area contributed by atoms with Gasteiger partial charge in [0.1, 0.15) is 5.75 Å². The molecule has 0 saturated carbocycles. The highest BCUT2D eigenvalue weighted by atomic mass is 32.2. The first-order valence-electron chi connectivity index (χ1n) is 8.95. The van der Waals surface area contributed by atoms with Gasteiger partial charge in [-0.15, -0.1) is 0 Å². The van der Waals surface area contributed by atoms with E-state index in [2.05, 4.69) is 16.3 Å². The maximum absolute atomic E-state index is 12.6. The Hall–Kier alpha value is -2.58. The van der Waals surface area contributed by atoms with E-state index in [9.17, 15) is 21.6 Å². The molecule has 29 heavy (non-hydrogen) atoms. The Morgan fingerprint density at radius 2 is 1.72 bits per heavy atom. The molecule has 0 aromatic heterocycles. The van der Waals surface area contributed by atoms with E-state index in [1.165, 1.54) is 12.1 Å². The minimum atomic E-state index is -5.69. The van der Waals surface area contributed by atoms with Gasteiger partial charge in [0.15, 0.2) is 0 Å². The second kappa shape index (κ2) is 7.03. The first-order valence-corrected chi connectivity index (χ1v) is 10.4. The number of alkyl halides is 3. The van der Waals surface area contributed by atoms with Crippen LogP contribution in [0.4, 0.5) is 13.2 Å². The van der Waals surface area contributed by atoms with Gasteiger partial charge in [-0.05, 0) is 46.6 Å². The van der Waals surface area contributed by atoms with Crippen molar-refractivity contribution in [2.75, 3.05) is 13.6 Å². The maximum Gasteiger partial charge on any atom is 0.534 e. The number of fused-ring (bicyclic) bond motifs is 2.